The molecule has 2 rings (SSSR count). The molecule has 0 aromatic rings. The van der Waals surface area contributed by atoms with E-state index in [1.807, 2.05) is 0 Å². The van der Waals surface area contributed by atoms with E-state index in [1.165, 1.54) is 19.3 Å². The van der Waals surface area contributed by atoms with E-state index in [0.717, 1.165) is 19.6 Å². The molecule has 1 N–H and O–H groups in total. The van der Waals surface area contributed by atoms with Crippen LogP contribution in [0.2, 0.25) is 0 Å². The van der Waals surface area contributed by atoms with Crippen molar-refractivity contribution in [3.63, 3.8) is 0 Å². The molecule has 0 amide bonds. The van der Waals surface area contributed by atoms with Gasteiger partial charge in [-0.05, 0) is 32.7 Å². The number of morpholine rings is 1. The van der Waals surface area contributed by atoms with Crippen LogP contribution in [0, 0.1) is 0 Å². The van der Waals surface area contributed by atoms with Gasteiger partial charge in [0.15, 0.2) is 0 Å². The summed E-state index contributed by atoms with van der Waals surface area (Å²) in [5.74, 6) is 0. The second kappa shape index (κ2) is 5.48. The summed E-state index contributed by atoms with van der Waals surface area (Å²) in [7, 11) is 0. The fraction of sp³-hybridized carbons (Fsp3) is 1.00. The number of likely N-dealkylation sites (N-methyl/N-ethyl adjacent to an activating group) is 1. The smallest absolute Gasteiger partial charge is 0.0707 e. The number of likely N-dealkylation sites (tertiary alicyclic amines) is 1. The lowest BCUT2D eigenvalue weighted by atomic mass is 10.0. The third-order valence-corrected chi connectivity index (χ3v) is 4.14. The molecule has 2 fully saturated rings. The van der Waals surface area contributed by atoms with Gasteiger partial charge in [-0.3, -0.25) is 4.90 Å². The van der Waals surface area contributed by atoms with Crippen molar-refractivity contribution >= 4 is 0 Å². The Hall–Kier alpha value is -0.120. The van der Waals surface area contributed by atoms with Crippen LogP contribution in [0.5, 0.6) is 0 Å². The molecule has 2 aliphatic heterocycles. The van der Waals surface area contributed by atoms with Crippen LogP contribution in [0.25, 0.3) is 0 Å². The Morgan fingerprint density at radius 3 is 2.38 bits per heavy atom. The van der Waals surface area contributed by atoms with E-state index in [0.29, 0.717) is 24.3 Å². The summed E-state index contributed by atoms with van der Waals surface area (Å²) in [6, 6.07) is 1.26. The Morgan fingerprint density at radius 1 is 1.25 bits per heavy atom. The normalized spacial score (nSPS) is 33.9. The van der Waals surface area contributed by atoms with Gasteiger partial charge in [0.25, 0.3) is 0 Å². The minimum Gasteiger partial charge on any atom is -0.372 e. The summed E-state index contributed by atoms with van der Waals surface area (Å²) in [4.78, 5) is 2.63. The first-order valence-electron chi connectivity index (χ1n) is 6.87. The van der Waals surface area contributed by atoms with Crippen LogP contribution < -0.4 is 5.32 Å². The van der Waals surface area contributed by atoms with Crippen LogP contribution >= 0.6 is 0 Å². The average Bonchev–Trinajstić information content (AvgIpc) is 2.64. The molecule has 0 spiro atoms. The Labute approximate surface area is 99.5 Å². The SMILES string of the molecule is CCNC(CC)C(C)N1CC2CCC(C1)O2. The predicted octanol–water partition coefficient (Wildman–Crippen LogP) is 1.63. The molecule has 4 atom stereocenters. The van der Waals surface area contributed by atoms with Crippen LogP contribution in [-0.2, 0) is 4.74 Å². The predicted molar refractivity (Wildman–Crippen MR) is 66.7 cm³/mol. The number of nitrogens with zero attached hydrogens (tertiary/aromatic N) is 1. The monoisotopic (exact) mass is 226 g/mol. The second-order valence-electron chi connectivity index (χ2n) is 5.22. The second-order valence-corrected chi connectivity index (χ2v) is 5.22. The minimum absolute atomic E-state index is 0.514. The lowest BCUT2D eigenvalue weighted by molar-refractivity contribution is -0.0550. The van der Waals surface area contributed by atoms with E-state index in [4.69, 9.17) is 4.74 Å². The van der Waals surface area contributed by atoms with Crippen LogP contribution in [0.15, 0.2) is 0 Å². The van der Waals surface area contributed by atoms with Crippen LogP contribution in [0.4, 0.5) is 0 Å². The highest BCUT2D eigenvalue weighted by atomic mass is 16.5. The summed E-state index contributed by atoms with van der Waals surface area (Å²) < 4.78 is 5.89. The fourth-order valence-electron chi connectivity index (χ4n) is 3.15. The van der Waals surface area contributed by atoms with Gasteiger partial charge in [-0.2, -0.15) is 0 Å². The van der Waals surface area contributed by atoms with Gasteiger partial charge in [-0.15, -0.1) is 0 Å². The topological polar surface area (TPSA) is 24.5 Å². The third kappa shape index (κ3) is 2.58. The molecule has 0 aromatic carbocycles. The first kappa shape index (κ1) is 12.3. The molecule has 16 heavy (non-hydrogen) atoms. The molecule has 4 unspecified atom stereocenters. The lowest BCUT2D eigenvalue weighted by Gasteiger charge is -2.39. The fourth-order valence-corrected chi connectivity index (χ4v) is 3.15. The van der Waals surface area contributed by atoms with E-state index >= 15 is 0 Å². The van der Waals surface area contributed by atoms with Crippen molar-refractivity contribution in [3.05, 3.63) is 0 Å². The molecule has 2 aliphatic rings. The van der Waals surface area contributed by atoms with Crippen LogP contribution in [-0.4, -0.2) is 48.8 Å². The quantitative estimate of drug-likeness (QED) is 0.771. The van der Waals surface area contributed by atoms with Crippen molar-refractivity contribution in [3.8, 4) is 0 Å². The van der Waals surface area contributed by atoms with Crippen molar-refractivity contribution in [2.45, 2.75) is 64.3 Å². The molecule has 0 aromatic heterocycles. The maximum atomic E-state index is 5.89. The summed E-state index contributed by atoms with van der Waals surface area (Å²) in [6.45, 7) is 10.2. The zero-order valence-corrected chi connectivity index (χ0v) is 10.9. The summed E-state index contributed by atoms with van der Waals surface area (Å²) >= 11 is 0. The van der Waals surface area contributed by atoms with Crippen molar-refractivity contribution in [2.75, 3.05) is 19.6 Å². The molecular weight excluding hydrogens is 200 g/mol. The summed E-state index contributed by atoms with van der Waals surface area (Å²) in [5.41, 5.74) is 0. The Kier molecular flexibility index (Phi) is 4.22. The molecule has 3 heteroatoms. The van der Waals surface area contributed by atoms with Gasteiger partial charge in [0.2, 0.25) is 0 Å². The minimum atomic E-state index is 0.514. The first-order chi connectivity index (χ1) is 7.74. The number of nitrogens with one attached hydrogen (secondary N) is 1. The van der Waals surface area contributed by atoms with E-state index < -0.39 is 0 Å². The van der Waals surface area contributed by atoms with E-state index in [-0.39, 0.29) is 0 Å². The van der Waals surface area contributed by atoms with Crippen LogP contribution in [0.1, 0.15) is 40.0 Å². The molecule has 2 heterocycles. The molecular formula is C13H26N2O. The van der Waals surface area contributed by atoms with Gasteiger partial charge < -0.3 is 10.1 Å². The number of ether oxygens (including phenoxy) is 1. The average molecular weight is 226 g/mol. The highest BCUT2D eigenvalue weighted by molar-refractivity contribution is 4.90. The van der Waals surface area contributed by atoms with Gasteiger partial charge >= 0.3 is 0 Å². The maximum absolute atomic E-state index is 5.89. The molecule has 2 saturated heterocycles. The van der Waals surface area contributed by atoms with Gasteiger partial charge in [0.1, 0.15) is 0 Å². The van der Waals surface area contributed by atoms with Gasteiger partial charge in [-0.25, -0.2) is 0 Å². The lowest BCUT2D eigenvalue weighted by Crippen LogP contribution is -2.54. The van der Waals surface area contributed by atoms with Gasteiger partial charge in [0.05, 0.1) is 12.2 Å². The van der Waals surface area contributed by atoms with Crippen molar-refractivity contribution in [2.24, 2.45) is 0 Å². The first-order valence-corrected chi connectivity index (χ1v) is 6.87. The Bertz CT molecular complexity index is 210. The van der Waals surface area contributed by atoms with Crippen molar-refractivity contribution in [1.29, 1.82) is 0 Å². The molecule has 0 radical (unpaired) electrons. The van der Waals surface area contributed by atoms with E-state index in [1.54, 1.807) is 0 Å². The zero-order valence-electron chi connectivity index (χ0n) is 10.9. The Morgan fingerprint density at radius 2 is 1.88 bits per heavy atom. The zero-order chi connectivity index (χ0) is 11.5. The number of hydrogen-bond donors (Lipinski definition) is 1. The number of fused-ring (bicyclic) bond motifs is 2. The van der Waals surface area contributed by atoms with Gasteiger partial charge in [0, 0.05) is 25.2 Å². The van der Waals surface area contributed by atoms with Crippen molar-refractivity contribution < 1.29 is 4.74 Å². The maximum Gasteiger partial charge on any atom is 0.0707 e. The number of hydrogen-bond acceptors (Lipinski definition) is 3. The van der Waals surface area contributed by atoms with E-state index in [9.17, 15) is 0 Å². The molecule has 94 valence electrons. The number of rotatable bonds is 5. The molecule has 0 aliphatic carbocycles. The summed E-state index contributed by atoms with van der Waals surface area (Å²) in [6.07, 6.45) is 4.78. The molecule has 3 nitrogen and oxygen atoms in total. The summed E-state index contributed by atoms with van der Waals surface area (Å²) in [5, 5.41) is 3.60. The van der Waals surface area contributed by atoms with Gasteiger partial charge in [-0.1, -0.05) is 13.8 Å². The highest BCUT2D eigenvalue weighted by Crippen LogP contribution is 2.28. The highest BCUT2D eigenvalue weighted by Gasteiger charge is 2.36. The van der Waals surface area contributed by atoms with Crippen LogP contribution in [0.3, 0.4) is 0 Å². The Balaban J connectivity index is 1.90. The standard InChI is InChI=1S/C13H26N2O/c1-4-13(14-5-2)10(3)15-8-11-6-7-12(9-15)16-11/h10-14H,4-9H2,1-3H3. The van der Waals surface area contributed by atoms with E-state index in [2.05, 4.69) is 31.0 Å². The third-order valence-electron chi connectivity index (χ3n) is 4.14. The largest absolute Gasteiger partial charge is 0.372 e. The molecule has 2 bridgehead atoms. The molecule has 0 saturated carbocycles. The van der Waals surface area contributed by atoms with Crippen molar-refractivity contribution in [1.82, 2.24) is 10.2 Å².